The Bertz CT molecular complexity index is 606. The number of hydrogen-bond acceptors (Lipinski definition) is 4. The molecule has 0 unspecified atom stereocenters. The minimum Gasteiger partial charge on any atom is -0.334 e. The summed E-state index contributed by atoms with van der Waals surface area (Å²) in [5.41, 5.74) is 0.705. The van der Waals surface area contributed by atoms with Gasteiger partial charge in [0.15, 0.2) is 4.60 Å². The van der Waals surface area contributed by atoms with E-state index in [0.717, 1.165) is 0 Å². The Labute approximate surface area is 125 Å². The standard InChI is InChI=1S/C11H9BrF3N3O3/c12-9-8(18(20)21)5-6-1-3-17(4-2-7(6)16-9)10(19)11(13,14)15/h5H,1-4H2. The van der Waals surface area contributed by atoms with Gasteiger partial charge in [-0.2, -0.15) is 13.2 Å². The number of carbonyl (C=O) groups excluding carboxylic acids is 1. The molecule has 1 amide bonds. The summed E-state index contributed by atoms with van der Waals surface area (Å²) in [6.45, 7) is -0.269. The average molecular weight is 368 g/mol. The fourth-order valence-corrected chi connectivity index (χ4v) is 2.58. The van der Waals surface area contributed by atoms with Crippen LogP contribution in [0.5, 0.6) is 0 Å². The Hall–Kier alpha value is -1.71. The van der Waals surface area contributed by atoms with Crippen molar-refractivity contribution in [2.45, 2.75) is 19.0 Å². The largest absolute Gasteiger partial charge is 0.471 e. The second-order valence-corrected chi connectivity index (χ2v) is 5.20. The van der Waals surface area contributed by atoms with E-state index < -0.39 is 17.0 Å². The monoisotopic (exact) mass is 367 g/mol. The summed E-state index contributed by atoms with van der Waals surface area (Å²) < 4.78 is 37.3. The number of amides is 1. The van der Waals surface area contributed by atoms with Gasteiger partial charge in [-0.1, -0.05) is 0 Å². The predicted octanol–water partition coefficient (Wildman–Crippen LogP) is 2.24. The molecule has 1 aliphatic heterocycles. The fraction of sp³-hybridized carbons (Fsp3) is 0.455. The number of halogens is 4. The Morgan fingerprint density at radius 3 is 2.57 bits per heavy atom. The molecule has 0 saturated heterocycles. The SMILES string of the molecule is O=C(N1CCc2cc([N+](=O)[O-])c(Br)nc2CC1)C(F)(F)F. The third-order valence-corrected chi connectivity index (χ3v) is 3.71. The lowest BCUT2D eigenvalue weighted by atomic mass is 10.1. The summed E-state index contributed by atoms with van der Waals surface area (Å²) in [7, 11) is 0. The molecule has 0 aromatic carbocycles. The zero-order valence-corrected chi connectivity index (χ0v) is 12.1. The third-order valence-electron chi connectivity index (χ3n) is 3.12. The summed E-state index contributed by atoms with van der Waals surface area (Å²) in [4.78, 5) is 26.1. The first-order chi connectivity index (χ1) is 9.70. The molecule has 1 aromatic rings. The Morgan fingerprint density at radius 1 is 1.38 bits per heavy atom. The van der Waals surface area contributed by atoms with Crippen molar-refractivity contribution in [3.63, 3.8) is 0 Å². The van der Waals surface area contributed by atoms with Crippen LogP contribution in [0.25, 0.3) is 0 Å². The molecule has 0 spiro atoms. The van der Waals surface area contributed by atoms with Gasteiger partial charge in [0, 0.05) is 31.3 Å². The number of nitrogens with zero attached hydrogens (tertiary/aromatic N) is 3. The predicted molar refractivity (Wildman–Crippen MR) is 68.6 cm³/mol. The number of fused-ring (bicyclic) bond motifs is 1. The molecule has 2 rings (SSSR count). The van der Waals surface area contributed by atoms with Crippen LogP contribution in [0.4, 0.5) is 18.9 Å². The van der Waals surface area contributed by atoms with Gasteiger partial charge in [0.05, 0.1) is 4.92 Å². The number of pyridine rings is 1. The van der Waals surface area contributed by atoms with E-state index in [4.69, 9.17) is 0 Å². The van der Waals surface area contributed by atoms with Crippen molar-refractivity contribution in [3.05, 3.63) is 32.0 Å². The summed E-state index contributed by atoms with van der Waals surface area (Å²) in [5, 5.41) is 10.8. The van der Waals surface area contributed by atoms with E-state index in [1.165, 1.54) is 6.07 Å². The third kappa shape index (κ3) is 3.31. The van der Waals surface area contributed by atoms with Gasteiger partial charge in [-0.05, 0) is 27.9 Å². The van der Waals surface area contributed by atoms with Crippen molar-refractivity contribution >= 4 is 27.5 Å². The Kier molecular flexibility index (Phi) is 4.17. The van der Waals surface area contributed by atoms with Crippen LogP contribution in [-0.2, 0) is 17.6 Å². The molecule has 0 radical (unpaired) electrons. The van der Waals surface area contributed by atoms with Gasteiger partial charge in [-0.3, -0.25) is 14.9 Å². The minimum atomic E-state index is -4.92. The van der Waals surface area contributed by atoms with E-state index >= 15 is 0 Å². The van der Waals surface area contributed by atoms with Gasteiger partial charge in [0.25, 0.3) is 0 Å². The minimum absolute atomic E-state index is 0.0295. The lowest BCUT2D eigenvalue weighted by molar-refractivity contribution is -0.386. The van der Waals surface area contributed by atoms with Gasteiger partial charge < -0.3 is 4.90 Å². The highest BCUT2D eigenvalue weighted by molar-refractivity contribution is 9.10. The molecule has 0 saturated carbocycles. The highest BCUT2D eigenvalue weighted by Gasteiger charge is 2.42. The van der Waals surface area contributed by atoms with E-state index in [-0.39, 0.29) is 36.2 Å². The highest BCUT2D eigenvalue weighted by atomic mass is 79.9. The van der Waals surface area contributed by atoms with Gasteiger partial charge in [0.1, 0.15) is 0 Å². The number of hydrogen-bond donors (Lipinski definition) is 0. The topological polar surface area (TPSA) is 76.3 Å². The Balaban J connectivity index is 2.26. The molecule has 0 atom stereocenters. The van der Waals surface area contributed by atoms with E-state index in [1.807, 2.05) is 0 Å². The summed E-state index contributed by atoms with van der Waals surface area (Å²) >= 11 is 2.96. The zero-order chi connectivity index (χ0) is 15.8. The van der Waals surface area contributed by atoms with Crippen LogP contribution in [-0.4, -0.2) is 40.0 Å². The summed E-state index contributed by atoms with van der Waals surface area (Å²) in [6, 6.07) is 1.29. The maximum atomic E-state index is 12.4. The molecule has 1 aromatic heterocycles. The van der Waals surface area contributed by atoms with Crippen molar-refractivity contribution in [2.24, 2.45) is 0 Å². The number of alkyl halides is 3. The van der Waals surface area contributed by atoms with Crippen LogP contribution >= 0.6 is 15.9 Å². The lowest BCUT2D eigenvalue weighted by Crippen LogP contribution is -2.42. The van der Waals surface area contributed by atoms with E-state index in [0.29, 0.717) is 16.2 Å². The van der Waals surface area contributed by atoms with Gasteiger partial charge in [0.2, 0.25) is 0 Å². The number of carbonyl (C=O) groups is 1. The molecule has 10 heteroatoms. The lowest BCUT2D eigenvalue weighted by Gasteiger charge is -2.21. The summed E-state index contributed by atoms with van der Waals surface area (Å²) in [5.74, 6) is -1.90. The average Bonchev–Trinajstić information content (AvgIpc) is 2.57. The molecule has 0 N–H and O–H groups in total. The second kappa shape index (κ2) is 5.58. The van der Waals surface area contributed by atoms with Crippen LogP contribution in [0.2, 0.25) is 0 Å². The van der Waals surface area contributed by atoms with Crippen LogP contribution in [0, 0.1) is 10.1 Å². The molecule has 1 aliphatic rings. The highest BCUT2D eigenvalue weighted by Crippen LogP contribution is 2.28. The maximum absolute atomic E-state index is 12.4. The van der Waals surface area contributed by atoms with Crippen molar-refractivity contribution in [1.29, 1.82) is 0 Å². The molecule has 21 heavy (non-hydrogen) atoms. The van der Waals surface area contributed by atoms with Crippen molar-refractivity contribution in [1.82, 2.24) is 9.88 Å². The van der Waals surface area contributed by atoms with Crippen molar-refractivity contribution < 1.29 is 22.9 Å². The molecule has 6 nitrogen and oxygen atoms in total. The second-order valence-electron chi connectivity index (χ2n) is 4.45. The van der Waals surface area contributed by atoms with Gasteiger partial charge in [-0.25, -0.2) is 4.98 Å². The molecule has 0 bridgehead atoms. The molecule has 0 aliphatic carbocycles. The smallest absolute Gasteiger partial charge is 0.334 e. The van der Waals surface area contributed by atoms with Crippen LogP contribution < -0.4 is 0 Å². The van der Waals surface area contributed by atoms with Crippen molar-refractivity contribution in [3.8, 4) is 0 Å². The van der Waals surface area contributed by atoms with Crippen molar-refractivity contribution in [2.75, 3.05) is 13.1 Å². The molecule has 2 heterocycles. The summed E-state index contributed by atoms with van der Waals surface area (Å²) in [6.07, 6.45) is -4.71. The quantitative estimate of drug-likeness (QED) is 0.433. The van der Waals surface area contributed by atoms with Crippen LogP contribution in [0.1, 0.15) is 11.3 Å². The number of nitro groups is 1. The zero-order valence-electron chi connectivity index (χ0n) is 10.5. The number of aromatic nitrogens is 1. The number of rotatable bonds is 1. The normalized spacial score (nSPS) is 15.3. The van der Waals surface area contributed by atoms with E-state index in [1.54, 1.807) is 0 Å². The molecule has 114 valence electrons. The van der Waals surface area contributed by atoms with E-state index in [9.17, 15) is 28.1 Å². The fourth-order valence-electron chi connectivity index (χ4n) is 2.11. The van der Waals surface area contributed by atoms with Crippen LogP contribution in [0.15, 0.2) is 10.7 Å². The van der Waals surface area contributed by atoms with Crippen LogP contribution in [0.3, 0.4) is 0 Å². The molecular formula is C11H9BrF3N3O3. The molecule has 0 fully saturated rings. The maximum Gasteiger partial charge on any atom is 0.471 e. The first-order valence-electron chi connectivity index (χ1n) is 5.89. The van der Waals surface area contributed by atoms with Gasteiger partial charge in [-0.15, -0.1) is 0 Å². The first kappa shape index (κ1) is 15.7. The van der Waals surface area contributed by atoms with Gasteiger partial charge >= 0.3 is 17.8 Å². The molecular weight excluding hydrogens is 359 g/mol. The van der Waals surface area contributed by atoms with E-state index in [2.05, 4.69) is 20.9 Å². The Morgan fingerprint density at radius 2 is 2.00 bits per heavy atom. The first-order valence-corrected chi connectivity index (χ1v) is 6.68.